The number of hydrogen-bond donors (Lipinski definition) is 1. The van der Waals surface area contributed by atoms with Crippen molar-refractivity contribution in [3.8, 4) is 5.75 Å². The Hall–Kier alpha value is -2.76. The third-order valence-electron chi connectivity index (χ3n) is 3.89. The molecule has 1 N–H and O–H groups in total. The number of methoxy groups -OCH3 is 1. The summed E-state index contributed by atoms with van der Waals surface area (Å²) in [6.45, 7) is 3.02. The highest BCUT2D eigenvalue weighted by Gasteiger charge is 2.07. The van der Waals surface area contributed by atoms with Crippen LogP contribution in [0.5, 0.6) is 5.75 Å². The molecule has 0 atom stereocenters. The number of nitrogens with one attached hydrogen (secondary N) is 1. The Balaban J connectivity index is 1.49. The van der Waals surface area contributed by atoms with Crippen molar-refractivity contribution >= 4 is 16.8 Å². The van der Waals surface area contributed by atoms with E-state index in [-0.39, 0.29) is 5.91 Å². The van der Waals surface area contributed by atoms with Crippen molar-refractivity contribution in [3.05, 3.63) is 48.0 Å². The van der Waals surface area contributed by atoms with Crippen molar-refractivity contribution in [2.75, 3.05) is 13.7 Å². The summed E-state index contributed by atoms with van der Waals surface area (Å²) >= 11 is 0. The highest BCUT2D eigenvalue weighted by molar-refractivity contribution is 5.80. The Labute approximate surface area is 140 Å². The first-order valence-electron chi connectivity index (χ1n) is 7.97. The first kappa shape index (κ1) is 16.1. The van der Waals surface area contributed by atoms with E-state index in [1.807, 2.05) is 41.9 Å². The van der Waals surface area contributed by atoms with Crippen LogP contribution in [0.1, 0.15) is 17.9 Å². The maximum absolute atomic E-state index is 12.0. The fourth-order valence-corrected chi connectivity index (χ4v) is 2.61. The minimum absolute atomic E-state index is 0.00967. The van der Waals surface area contributed by atoms with Crippen LogP contribution in [-0.4, -0.2) is 29.3 Å². The molecule has 0 aliphatic heterocycles. The Morgan fingerprint density at radius 3 is 2.96 bits per heavy atom. The second-order valence-corrected chi connectivity index (χ2v) is 5.65. The summed E-state index contributed by atoms with van der Waals surface area (Å²) < 4.78 is 12.5. The average Bonchev–Trinajstić information content (AvgIpc) is 3.18. The molecule has 0 saturated carbocycles. The van der Waals surface area contributed by atoms with E-state index in [0.717, 1.165) is 28.2 Å². The van der Waals surface area contributed by atoms with Crippen LogP contribution in [0.3, 0.4) is 0 Å². The van der Waals surface area contributed by atoms with Crippen LogP contribution in [0.4, 0.5) is 0 Å². The van der Waals surface area contributed by atoms with Gasteiger partial charge in [-0.3, -0.25) is 9.48 Å². The van der Waals surface area contributed by atoms with Gasteiger partial charge in [0, 0.05) is 24.8 Å². The van der Waals surface area contributed by atoms with Gasteiger partial charge in [0.05, 0.1) is 25.4 Å². The van der Waals surface area contributed by atoms with Gasteiger partial charge in [-0.25, -0.2) is 0 Å². The maximum Gasteiger partial charge on any atom is 0.221 e. The number of rotatable bonds is 7. The molecular formula is C18H21N3O3. The van der Waals surface area contributed by atoms with Crippen LogP contribution in [-0.2, 0) is 17.8 Å². The number of furan rings is 1. The highest BCUT2D eigenvalue weighted by Crippen LogP contribution is 2.20. The largest absolute Gasteiger partial charge is 0.497 e. The lowest BCUT2D eigenvalue weighted by Crippen LogP contribution is -2.26. The van der Waals surface area contributed by atoms with Crippen LogP contribution in [0.15, 0.2) is 40.9 Å². The van der Waals surface area contributed by atoms with Gasteiger partial charge in [-0.15, -0.1) is 0 Å². The molecule has 3 rings (SSSR count). The smallest absolute Gasteiger partial charge is 0.221 e. The van der Waals surface area contributed by atoms with Crippen LogP contribution in [0.25, 0.3) is 10.9 Å². The molecule has 0 unspecified atom stereocenters. The maximum atomic E-state index is 12.0. The minimum Gasteiger partial charge on any atom is -0.497 e. The fraction of sp³-hybridized carbons (Fsp3) is 0.333. The third kappa shape index (κ3) is 3.76. The number of hydrogen-bond acceptors (Lipinski definition) is 4. The molecule has 3 aromatic rings. The predicted molar refractivity (Wildman–Crippen MR) is 91.1 cm³/mol. The van der Waals surface area contributed by atoms with Crippen molar-refractivity contribution in [1.29, 1.82) is 0 Å². The van der Waals surface area contributed by atoms with Gasteiger partial charge in [0.1, 0.15) is 17.3 Å². The van der Waals surface area contributed by atoms with Crippen molar-refractivity contribution < 1.29 is 13.9 Å². The summed E-state index contributed by atoms with van der Waals surface area (Å²) in [6, 6.07) is 9.65. The Morgan fingerprint density at radius 2 is 2.21 bits per heavy atom. The van der Waals surface area contributed by atoms with Crippen molar-refractivity contribution in [1.82, 2.24) is 15.1 Å². The third-order valence-corrected chi connectivity index (χ3v) is 3.89. The summed E-state index contributed by atoms with van der Waals surface area (Å²) in [5, 5.41) is 8.25. The van der Waals surface area contributed by atoms with E-state index in [1.54, 1.807) is 13.3 Å². The van der Waals surface area contributed by atoms with Crippen LogP contribution >= 0.6 is 0 Å². The van der Waals surface area contributed by atoms with E-state index < -0.39 is 0 Å². The minimum atomic E-state index is 0.00967. The molecule has 0 saturated heterocycles. The molecule has 6 heteroatoms. The van der Waals surface area contributed by atoms with E-state index >= 15 is 0 Å². The predicted octanol–water partition coefficient (Wildman–Crippen LogP) is 2.70. The number of fused-ring (bicyclic) bond motifs is 1. The van der Waals surface area contributed by atoms with Crippen LogP contribution < -0.4 is 10.1 Å². The van der Waals surface area contributed by atoms with Gasteiger partial charge in [-0.1, -0.05) is 0 Å². The Bertz CT molecular complexity index is 835. The number of carbonyl (C=O) groups excluding carboxylic acids is 1. The number of benzene rings is 1. The summed E-state index contributed by atoms with van der Waals surface area (Å²) in [7, 11) is 1.64. The van der Waals surface area contributed by atoms with Gasteiger partial charge in [-0.2, -0.15) is 5.10 Å². The van der Waals surface area contributed by atoms with E-state index in [2.05, 4.69) is 10.4 Å². The molecule has 2 aromatic heterocycles. The van der Waals surface area contributed by atoms with Crippen LogP contribution in [0.2, 0.25) is 0 Å². The molecule has 0 aliphatic rings. The molecule has 0 fully saturated rings. The summed E-state index contributed by atoms with van der Waals surface area (Å²) in [4.78, 5) is 12.0. The second-order valence-electron chi connectivity index (χ2n) is 5.65. The number of aromatic nitrogens is 2. The summed E-state index contributed by atoms with van der Waals surface area (Å²) in [5.74, 6) is 2.58. The Morgan fingerprint density at radius 1 is 1.33 bits per heavy atom. The normalized spacial score (nSPS) is 10.9. The first-order chi connectivity index (χ1) is 11.7. The first-order valence-corrected chi connectivity index (χ1v) is 7.97. The molecule has 24 heavy (non-hydrogen) atoms. The summed E-state index contributed by atoms with van der Waals surface area (Å²) in [6.07, 6.45) is 2.87. The molecule has 1 aromatic carbocycles. The average molecular weight is 327 g/mol. The molecular weight excluding hydrogens is 306 g/mol. The lowest BCUT2D eigenvalue weighted by molar-refractivity contribution is -0.121. The van der Waals surface area contributed by atoms with Gasteiger partial charge in [0.15, 0.2) is 0 Å². The lowest BCUT2D eigenvalue weighted by Gasteiger charge is -2.06. The van der Waals surface area contributed by atoms with Crippen LogP contribution in [0, 0.1) is 6.92 Å². The second kappa shape index (κ2) is 7.21. The molecule has 1 amide bonds. The van der Waals surface area contributed by atoms with Gasteiger partial charge in [0.2, 0.25) is 5.91 Å². The van der Waals surface area contributed by atoms with E-state index in [4.69, 9.17) is 9.15 Å². The quantitative estimate of drug-likeness (QED) is 0.724. The molecule has 0 radical (unpaired) electrons. The molecule has 126 valence electrons. The SMILES string of the molecule is COc1ccc2c(cnn2CCC(=O)NCCc2ccc(C)o2)c1. The van der Waals surface area contributed by atoms with Crippen molar-refractivity contribution in [3.63, 3.8) is 0 Å². The monoisotopic (exact) mass is 327 g/mol. The van der Waals surface area contributed by atoms with Gasteiger partial charge in [0.25, 0.3) is 0 Å². The molecule has 0 aliphatic carbocycles. The zero-order valence-electron chi connectivity index (χ0n) is 13.9. The molecule has 0 bridgehead atoms. The van der Waals surface area contributed by atoms with Crippen molar-refractivity contribution in [2.24, 2.45) is 0 Å². The topological polar surface area (TPSA) is 69.3 Å². The molecule has 6 nitrogen and oxygen atoms in total. The standard InChI is InChI=1S/C18H21N3O3/c1-13-3-4-15(24-13)7-9-19-18(22)8-10-21-17-6-5-16(23-2)11-14(17)12-20-21/h3-6,11-12H,7-10H2,1-2H3,(H,19,22). The van der Waals surface area contributed by atoms with Crippen molar-refractivity contribution in [2.45, 2.75) is 26.3 Å². The van der Waals surface area contributed by atoms with E-state index in [9.17, 15) is 4.79 Å². The molecule has 0 spiro atoms. The number of nitrogens with zero attached hydrogens (tertiary/aromatic N) is 2. The van der Waals surface area contributed by atoms with E-state index in [0.29, 0.717) is 25.9 Å². The lowest BCUT2D eigenvalue weighted by atomic mass is 10.2. The number of ether oxygens (including phenoxy) is 1. The molecule has 2 heterocycles. The fourth-order valence-electron chi connectivity index (χ4n) is 2.61. The number of amides is 1. The van der Waals surface area contributed by atoms with Gasteiger partial charge >= 0.3 is 0 Å². The zero-order chi connectivity index (χ0) is 16.9. The number of aryl methyl sites for hydroxylation is 2. The highest BCUT2D eigenvalue weighted by atomic mass is 16.5. The van der Waals surface area contributed by atoms with Gasteiger partial charge in [-0.05, 0) is 37.3 Å². The zero-order valence-corrected chi connectivity index (χ0v) is 13.9. The number of carbonyl (C=O) groups is 1. The van der Waals surface area contributed by atoms with E-state index in [1.165, 1.54) is 0 Å². The summed E-state index contributed by atoms with van der Waals surface area (Å²) in [5.41, 5.74) is 0.995. The van der Waals surface area contributed by atoms with Gasteiger partial charge < -0.3 is 14.5 Å². The Kier molecular flexibility index (Phi) is 4.84.